The molecule has 1 aliphatic heterocycles. The van der Waals surface area contributed by atoms with Gasteiger partial charge in [-0.25, -0.2) is 9.37 Å². The van der Waals surface area contributed by atoms with Crippen molar-refractivity contribution in [1.82, 2.24) is 24.8 Å². The summed E-state index contributed by atoms with van der Waals surface area (Å²) in [4.78, 5) is 22.3. The van der Waals surface area contributed by atoms with Crippen LogP contribution in [0.1, 0.15) is 47.0 Å². The number of amides is 1. The number of likely N-dealkylation sites (N-methyl/N-ethyl adjacent to an activating group) is 1. The van der Waals surface area contributed by atoms with Crippen molar-refractivity contribution < 1.29 is 9.18 Å². The van der Waals surface area contributed by atoms with Crippen LogP contribution in [0.5, 0.6) is 0 Å². The summed E-state index contributed by atoms with van der Waals surface area (Å²) in [6, 6.07) is 6.99. The zero-order valence-corrected chi connectivity index (χ0v) is 22.1. The number of likely N-dealkylation sites (tertiary alicyclic amines) is 1. The maximum Gasteiger partial charge on any atom is 0.239 e. The van der Waals surface area contributed by atoms with Gasteiger partial charge in [0.05, 0.1) is 6.54 Å². The SMILES string of the molecule is C[C@@H]1CCCCN1CCNC(=O)CN(C)c1nn2c(NC(C)(C)C)c(-c3cccc(F)c3)nc2s1. The van der Waals surface area contributed by atoms with E-state index in [1.165, 1.54) is 42.7 Å². The highest BCUT2D eigenvalue weighted by Crippen LogP contribution is 2.34. The van der Waals surface area contributed by atoms with Crippen molar-refractivity contribution in [2.45, 2.75) is 58.5 Å². The number of carbonyl (C=O) groups is 1. The third kappa shape index (κ3) is 6.29. The predicted octanol–water partition coefficient (Wildman–Crippen LogP) is 4.23. The van der Waals surface area contributed by atoms with Gasteiger partial charge in [-0.2, -0.15) is 4.52 Å². The van der Waals surface area contributed by atoms with Crippen LogP contribution < -0.4 is 15.5 Å². The summed E-state index contributed by atoms with van der Waals surface area (Å²) in [6.45, 7) is 11.3. The van der Waals surface area contributed by atoms with E-state index in [0.29, 0.717) is 39.8 Å². The second-order valence-corrected chi connectivity index (χ2v) is 11.3. The van der Waals surface area contributed by atoms with Gasteiger partial charge in [0.25, 0.3) is 0 Å². The lowest BCUT2D eigenvalue weighted by Gasteiger charge is -2.33. The molecule has 0 saturated carbocycles. The number of hydrogen-bond acceptors (Lipinski definition) is 7. The molecule has 0 aliphatic carbocycles. The van der Waals surface area contributed by atoms with Gasteiger partial charge in [0.2, 0.25) is 16.0 Å². The van der Waals surface area contributed by atoms with Gasteiger partial charge in [-0.1, -0.05) is 29.9 Å². The molecule has 35 heavy (non-hydrogen) atoms. The van der Waals surface area contributed by atoms with E-state index in [1.54, 1.807) is 10.6 Å². The number of carbonyl (C=O) groups excluding carboxylic acids is 1. The second kappa shape index (κ2) is 10.5. The van der Waals surface area contributed by atoms with Crippen LogP contribution in [0.2, 0.25) is 0 Å². The molecule has 2 N–H and O–H groups in total. The summed E-state index contributed by atoms with van der Waals surface area (Å²) in [5, 5.41) is 11.9. The molecule has 1 saturated heterocycles. The number of hydrogen-bond donors (Lipinski definition) is 2. The van der Waals surface area contributed by atoms with Gasteiger partial charge in [-0.05, 0) is 59.2 Å². The normalized spacial score (nSPS) is 17.0. The van der Waals surface area contributed by atoms with Crippen LogP contribution in [0.4, 0.5) is 15.3 Å². The minimum atomic E-state index is -0.310. The van der Waals surface area contributed by atoms with Crippen molar-refractivity contribution in [1.29, 1.82) is 0 Å². The Morgan fingerprint density at radius 1 is 1.31 bits per heavy atom. The van der Waals surface area contributed by atoms with Gasteiger partial charge in [-0.15, -0.1) is 5.10 Å². The fourth-order valence-corrected chi connectivity index (χ4v) is 5.23. The molecular formula is C25H36FN7OS. The summed E-state index contributed by atoms with van der Waals surface area (Å²) in [5.74, 6) is 0.363. The number of rotatable bonds is 8. The number of nitrogens with one attached hydrogen (secondary N) is 2. The number of nitrogens with zero attached hydrogens (tertiary/aromatic N) is 5. The monoisotopic (exact) mass is 501 g/mol. The molecule has 8 nitrogen and oxygen atoms in total. The van der Waals surface area contributed by atoms with Crippen LogP contribution in [-0.4, -0.2) is 70.2 Å². The Hall–Kier alpha value is -2.72. The molecule has 1 aromatic carbocycles. The number of fused-ring (bicyclic) bond motifs is 1. The zero-order chi connectivity index (χ0) is 25.2. The minimum Gasteiger partial charge on any atom is -0.364 e. The molecule has 3 heterocycles. The van der Waals surface area contributed by atoms with Crippen molar-refractivity contribution in [2.75, 3.05) is 43.4 Å². The maximum atomic E-state index is 13.9. The van der Waals surface area contributed by atoms with Crippen LogP contribution in [0.25, 0.3) is 16.2 Å². The van der Waals surface area contributed by atoms with E-state index in [2.05, 4.69) is 43.2 Å². The number of imidazole rings is 1. The molecule has 0 bridgehead atoms. The van der Waals surface area contributed by atoms with E-state index in [4.69, 9.17) is 10.1 Å². The van der Waals surface area contributed by atoms with E-state index < -0.39 is 0 Å². The molecule has 2 aromatic heterocycles. The third-order valence-corrected chi connectivity index (χ3v) is 7.18. The first kappa shape index (κ1) is 25.4. The van der Waals surface area contributed by atoms with Crippen LogP contribution in [-0.2, 0) is 4.79 Å². The Labute approximate surface area is 210 Å². The molecule has 1 amide bonds. The topological polar surface area (TPSA) is 77.8 Å². The summed E-state index contributed by atoms with van der Waals surface area (Å²) in [7, 11) is 1.86. The standard InChI is InChI=1S/C25H36FN7OS/c1-17-9-6-7-13-32(17)14-12-27-20(34)16-31(5)24-30-33-22(29-25(2,3)4)21(28-23(33)35-24)18-10-8-11-19(26)15-18/h8,10-11,15,17,29H,6-7,9,12-14,16H2,1-5H3,(H,27,34)/t17-/m1/s1. The Morgan fingerprint density at radius 3 is 2.83 bits per heavy atom. The predicted molar refractivity (Wildman–Crippen MR) is 141 cm³/mol. The van der Waals surface area contributed by atoms with Crippen LogP contribution >= 0.6 is 11.3 Å². The van der Waals surface area contributed by atoms with E-state index in [0.717, 1.165) is 13.1 Å². The fourth-order valence-electron chi connectivity index (χ4n) is 4.36. The van der Waals surface area contributed by atoms with E-state index in [-0.39, 0.29) is 23.8 Å². The lowest BCUT2D eigenvalue weighted by molar-refractivity contribution is -0.119. The lowest BCUT2D eigenvalue weighted by atomic mass is 10.0. The highest BCUT2D eigenvalue weighted by molar-refractivity contribution is 7.20. The molecule has 1 atom stereocenters. The van der Waals surface area contributed by atoms with Gasteiger partial charge in [0.15, 0.2) is 5.82 Å². The zero-order valence-electron chi connectivity index (χ0n) is 21.3. The molecule has 4 rings (SSSR count). The lowest BCUT2D eigenvalue weighted by Crippen LogP contribution is -2.44. The highest BCUT2D eigenvalue weighted by atomic mass is 32.1. The smallest absolute Gasteiger partial charge is 0.239 e. The van der Waals surface area contributed by atoms with Gasteiger partial charge >= 0.3 is 0 Å². The van der Waals surface area contributed by atoms with Crippen molar-refractivity contribution in [3.63, 3.8) is 0 Å². The van der Waals surface area contributed by atoms with E-state index in [1.807, 2.05) is 18.0 Å². The van der Waals surface area contributed by atoms with Crippen LogP contribution in [0.3, 0.4) is 0 Å². The van der Waals surface area contributed by atoms with Gasteiger partial charge in [0.1, 0.15) is 11.5 Å². The Morgan fingerprint density at radius 2 is 2.11 bits per heavy atom. The van der Waals surface area contributed by atoms with Crippen molar-refractivity contribution in [3.8, 4) is 11.3 Å². The number of anilines is 2. The van der Waals surface area contributed by atoms with E-state index >= 15 is 0 Å². The molecule has 0 unspecified atom stereocenters. The Kier molecular flexibility index (Phi) is 7.61. The molecule has 1 aliphatic rings. The summed E-state index contributed by atoms with van der Waals surface area (Å²) < 4.78 is 15.6. The van der Waals surface area contributed by atoms with Crippen LogP contribution in [0.15, 0.2) is 24.3 Å². The number of benzene rings is 1. The average molecular weight is 502 g/mol. The first-order chi connectivity index (χ1) is 16.6. The van der Waals surface area contributed by atoms with Gasteiger partial charge < -0.3 is 15.5 Å². The Balaban J connectivity index is 1.46. The van der Waals surface area contributed by atoms with Gasteiger partial charge in [-0.3, -0.25) is 9.69 Å². The largest absolute Gasteiger partial charge is 0.364 e. The third-order valence-electron chi connectivity index (χ3n) is 6.15. The van der Waals surface area contributed by atoms with Crippen molar-refractivity contribution in [3.05, 3.63) is 30.1 Å². The first-order valence-electron chi connectivity index (χ1n) is 12.3. The fraction of sp³-hybridized carbons (Fsp3) is 0.560. The Bertz CT molecular complexity index is 1170. The first-order valence-corrected chi connectivity index (χ1v) is 13.1. The van der Waals surface area contributed by atoms with Crippen LogP contribution in [0, 0.1) is 5.82 Å². The number of aromatic nitrogens is 3. The molecule has 0 radical (unpaired) electrons. The molecule has 190 valence electrons. The summed E-state index contributed by atoms with van der Waals surface area (Å²) in [5.41, 5.74) is 1.09. The second-order valence-electron chi connectivity index (χ2n) is 10.4. The molecular weight excluding hydrogens is 465 g/mol. The summed E-state index contributed by atoms with van der Waals surface area (Å²) >= 11 is 1.40. The van der Waals surface area contributed by atoms with Gasteiger partial charge in [0, 0.05) is 37.3 Å². The minimum absolute atomic E-state index is 0.0292. The molecule has 0 spiro atoms. The highest BCUT2D eigenvalue weighted by Gasteiger charge is 2.24. The molecule has 3 aromatic rings. The molecule has 10 heteroatoms. The van der Waals surface area contributed by atoms with Crippen molar-refractivity contribution in [2.24, 2.45) is 0 Å². The number of halogens is 1. The quantitative estimate of drug-likeness (QED) is 0.481. The molecule has 1 fully saturated rings. The maximum absolute atomic E-state index is 13.9. The number of piperidine rings is 1. The van der Waals surface area contributed by atoms with Crippen molar-refractivity contribution >= 4 is 33.2 Å². The van der Waals surface area contributed by atoms with E-state index in [9.17, 15) is 9.18 Å². The summed E-state index contributed by atoms with van der Waals surface area (Å²) in [6.07, 6.45) is 3.76. The average Bonchev–Trinajstić information content (AvgIpc) is 3.34.